The summed E-state index contributed by atoms with van der Waals surface area (Å²) in [6.45, 7) is 13.9. The predicted octanol–water partition coefficient (Wildman–Crippen LogP) is 6.60. The summed E-state index contributed by atoms with van der Waals surface area (Å²) in [6, 6.07) is -1.16. The number of amides is 1. The lowest BCUT2D eigenvalue weighted by Gasteiger charge is -2.43. The lowest BCUT2D eigenvalue weighted by Crippen LogP contribution is -2.61. The van der Waals surface area contributed by atoms with Gasteiger partial charge in [-0.3, -0.25) is 19.2 Å². The number of rotatable bonds is 13. The van der Waals surface area contributed by atoms with Crippen molar-refractivity contribution in [3.63, 3.8) is 0 Å². The van der Waals surface area contributed by atoms with Gasteiger partial charge in [0, 0.05) is 71.7 Å². The highest BCUT2D eigenvalue weighted by Crippen LogP contribution is 2.38. The first kappa shape index (κ1) is 61.1. The number of nitrogens with zero attached hydrogens (tertiary/aromatic N) is 1. The van der Waals surface area contributed by atoms with Gasteiger partial charge in [-0.2, -0.15) is 0 Å². The van der Waals surface area contributed by atoms with Crippen LogP contribution < -0.4 is 0 Å². The van der Waals surface area contributed by atoms with E-state index in [0.717, 1.165) is 18.4 Å². The summed E-state index contributed by atoms with van der Waals surface area (Å²) in [5.41, 5.74) is 1.24. The minimum Gasteiger partial charge on any atom is -0.460 e. The average Bonchev–Trinajstić information content (AvgIpc) is 3.36. The quantitative estimate of drug-likeness (QED) is 0.0767. The van der Waals surface area contributed by atoms with Crippen LogP contribution in [0, 0.1) is 35.5 Å². The minimum absolute atomic E-state index is 0.000907. The zero-order chi connectivity index (χ0) is 53.1. The summed E-state index contributed by atoms with van der Waals surface area (Å²) in [5.74, 6) is -8.06. The number of aliphatic hydroxyl groups is 3. The molecule has 72 heavy (non-hydrogen) atoms. The number of ether oxygens (including phenoxy) is 7. The van der Waals surface area contributed by atoms with Gasteiger partial charge < -0.3 is 53.4 Å². The topological polar surface area (TPSA) is 214 Å². The van der Waals surface area contributed by atoms with Crippen molar-refractivity contribution < 1.29 is 72.5 Å². The summed E-state index contributed by atoms with van der Waals surface area (Å²) in [7, 11) is 4.61. The number of hydrogen-bond donors (Lipinski definition) is 3. The standard InChI is InChI=1S/C56H89NO15/c1-35-17-12-11-13-18-36(2)47(70-28-27-66-8)33-43-22-20-41(7)56(65,72-43)53(62)54(63)57-24-15-14-19-44(57)55(64)71-48(38(4)31-42-21-23-46(49(32-42)67-9)69-26-16-25-58)34-45(59)37(3)30-40(6)51(61)52(68-10)50(60)39(5)29-35/h11-13,17-18,30,35,37-39,41-44,46-49,51-52,58,61,65H,14-16,19-29,31-34H2,1-10H3/b13-11+,17-12+,36-18+,40-30+/t35-,37-,38?,39-,41-,42+,43+,44+,46-,47+,48+,49-,51-,52+,56-/m1/s1. The summed E-state index contributed by atoms with van der Waals surface area (Å²) < 4.78 is 41.6. The fourth-order valence-electron chi connectivity index (χ4n) is 10.8. The Kier molecular flexibility index (Phi) is 25.6. The van der Waals surface area contributed by atoms with Crippen LogP contribution in [0.25, 0.3) is 0 Å². The Hall–Kier alpha value is -3.45. The highest BCUT2D eigenvalue weighted by molar-refractivity contribution is 6.39. The van der Waals surface area contributed by atoms with E-state index in [1.807, 2.05) is 58.1 Å². The molecule has 1 unspecified atom stereocenters. The Morgan fingerprint density at radius 3 is 2.28 bits per heavy atom. The first-order chi connectivity index (χ1) is 34.3. The van der Waals surface area contributed by atoms with Gasteiger partial charge in [-0.15, -0.1) is 0 Å². The van der Waals surface area contributed by atoms with Crippen molar-refractivity contribution >= 4 is 29.2 Å². The number of fused-ring (bicyclic) bond motifs is 3. The van der Waals surface area contributed by atoms with Gasteiger partial charge in [0.15, 0.2) is 5.78 Å². The first-order valence-corrected chi connectivity index (χ1v) is 26.6. The summed E-state index contributed by atoms with van der Waals surface area (Å²) >= 11 is 0. The van der Waals surface area contributed by atoms with Crippen molar-refractivity contribution in [2.24, 2.45) is 35.5 Å². The third kappa shape index (κ3) is 17.3. The maximum atomic E-state index is 14.6. The number of cyclic esters (lactones) is 1. The molecule has 0 spiro atoms. The molecule has 3 aliphatic heterocycles. The molecule has 16 heteroatoms. The average molecular weight is 1020 g/mol. The molecule has 2 bridgehead atoms. The largest absolute Gasteiger partial charge is 0.460 e. The molecule has 4 rings (SSSR count). The fraction of sp³-hybridized carbons (Fsp3) is 0.768. The molecule has 1 amide bonds. The van der Waals surface area contributed by atoms with E-state index in [4.69, 9.17) is 33.2 Å². The Morgan fingerprint density at radius 2 is 1.58 bits per heavy atom. The van der Waals surface area contributed by atoms with Crippen LogP contribution >= 0.6 is 0 Å². The molecule has 3 fully saturated rings. The van der Waals surface area contributed by atoms with Gasteiger partial charge >= 0.3 is 5.97 Å². The third-order valence-electron chi connectivity index (χ3n) is 15.4. The molecule has 408 valence electrons. The number of aliphatic hydroxyl groups excluding tert-OH is 2. The van der Waals surface area contributed by atoms with Crippen LogP contribution in [0.4, 0.5) is 0 Å². The number of Topliss-reactive ketones (excluding diaryl/α,β-unsaturated/α-hetero) is 3. The smallest absolute Gasteiger partial charge is 0.329 e. The molecule has 1 aliphatic carbocycles. The molecule has 15 atom stereocenters. The molecule has 16 nitrogen and oxygen atoms in total. The molecule has 0 aromatic heterocycles. The van der Waals surface area contributed by atoms with Crippen molar-refractivity contribution in [1.29, 1.82) is 0 Å². The number of methoxy groups -OCH3 is 3. The summed E-state index contributed by atoms with van der Waals surface area (Å²) in [4.78, 5) is 72.6. The van der Waals surface area contributed by atoms with Crippen LogP contribution in [0.15, 0.2) is 47.6 Å². The third-order valence-corrected chi connectivity index (χ3v) is 15.4. The number of piperidine rings is 1. The predicted molar refractivity (Wildman–Crippen MR) is 271 cm³/mol. The molecule has 3 N–H and O–H groups in total. The molecule has 1 saturated carbocycles. The Morgan fingerprint density at radius 1 is 0.833 bits per heavy atom. The van der Waals surface area contributed by atoms with Gasteiger partial charge in [-0.05, 0) is 113 Å². The van der Waals surface area contributed by atoms with Crippen molar-refractivity contribution in [1.82, 2.24) is 4.90 Å². The van der Waals surface area contributed by atoms with Crippen LogP contribution in [0.1, 0.15) is 132 Å². The lowest BCUT2D eigenvalue weighted by atomic mass is 9.78. The highest BCUT2D eigenvalue weighted by atomic mass is 16.6. The maximum Gasteiger partial charge on any atom is 0.329 e. The number of carbonyl (C=O) groups is 5. The molecule has 0 aromatic rings. The van der Waals surface area contributed by atoms with E-state index in [-0.39, 0.29) is 80.5 Å². The monoisotopic (exact) mass is 1020 g/mol. The van der Waals surface area contributed by atoms with Crippen LogP contribution in [0.5, 0.6) is 0 Å². The fourth-order valence-corrected chi connectivity index (χ4v) is 10.8. The SMILES string of the molecule is COCCO[C@H]1C[C@@H]2CC[C@@H](C)[C@@](O)(O2)C(=O)C(=O)N2CCCC[C@H]2C(=O)O[C@H](C(C)C[C@@H]2CC[C@@H](OCCCO)[C@H](OC)C2)CC(=O)[C@H](C)/C=C(\C)[C@@H](O)[C@@H](OC)C(=O)[C@H](C)C[C@H](C)/C=C/C=C/C=C/1C. The van der Waals surface area contributed by atoms with Gasteiger partial charge in [0.25, 0.3) is 11.7 Å². The van der Waals surface area contributed by atoms with Gasteiger partial charge in [0.05, 0.1) is 37.6 Å². The molecule has 4 aliphatic rings. The Balaban J connectivity index is 1.71. The van der Waals surface area contributed by atoms with Crippen molar-refractivity contribution in [3.05, 3.63) is 47.6 Å². The van der Waals surface area contributed by atoms with Gasteiger partial charge in [-0.25, -0.2) is 4.79 Å². The van der Waals surface area contributed by atoms with E-state index in [1.54, 1.807) is 41.1 Å². The zero-order valence-electron chi connectivity index (χ0n) is 45.0. The number of esters is 1. The van der Waals surface area contributed by atoms with Gasteiger partial charge in [0.1, 0.15) is 30.1 Å². The van der Waals surface area contributed by atoms with Crippen LogP contribution in [0.3, 0.4) is 0 Å². The lowest BCUT2D eigenvalue weighted by molar-refractivity contribution is -0.266. The molecule has 0 aromatic carbocycles. The second-order valence-corrected chi connectivity index (χ2v) is 21.1. The number of ketones is 3. The molecular weight excluding hydrogens is 927 g/mol. The van der Waals surface area contributed by atoms with E-state index in [2.05, 4.69) is 0 Å². The second kappa shape index (κ2) is 30.2. The van der Waals surface area contributed by atoms with E-state index in [1.165, 1.54) is 12.0 Å². The maximum absolute atomic E-state index is 14.6. The van der Waals surface area contributed by atoms with E-state index < -0.39 is 77.8 Å². The normalized spacial score (nSPS) is 37.7. The van der Waals surface area contributed by atoms with Crippen LogP contribution in [0.2, 0.25) is 0 Å². The summed E-state index contributed by atoms with van der Waals surface area (Å²) in [6.07, 6.45) is 12.4. The minimum atomic E-state index is -2.46. The van der Waals surface area contributed by atoms with Crippen molar-refractivity contribution in [2.75, 3.05) is 54.3 Å². The zero-order valence-corrected chi connectivity index (χ0v) is 45.0. The van der Waals surface area contributed by atoms with Gasteiger partial charge in [-0.1, -0.05) is 71.1 Å². The number of allylic oxidation sites excluding steroid dienone is 6. The molecule has 0 radical (unpaired) electrons. The molecule has 3 heterocycles. The van der Waals surface area contributed by atoms with Crippen LogP contribution in [-0.2, 0) is 57.1 Å². The first-order valence-electron chi connectivity index (χ1n) is 26.6. The van der Waals surface area contributed by atoms with E-state index in [0.29, 0.717) is 70.2 Å². The number of hydrogen-bond acceptors (Lipinski definition) is 15. The van der Waals surface area contributed by atoms with Crippen molar-refractivity contribution in [2.45, 2.75) is 186 Å². The van der Waals surface area contributed by atoms with Crippen LogP contribution in [-0.4, -0.2) is 158 Å². The summed E-state index contributed by atoms with van der Waals surface area (Å²) in [5, 5.41) is 32.9. The Labute approximate surface area is 429 Å². The molecular formula is C56H89NO15. The second-order valence-electron chi connectivity index (χ2n) is 21.1. The van der Waals surface area contributed by atoms with Gasteiger partial charge in [0.2, 0.25) is 5.79 Å². The van der Waals surface area contributed by atoms with E-state index in [9.17, 15) is 39.3 Å². The Bertz CT molecular complexity index is 1880. The van der Waals surface area contributed by atoms with E-state index >= 15 is 0 Å². The molecule has 2 saturated heterocycles. The highest BCUT2D eigenvalue weighted by Gasteiger charge is 2.53. The van der Waals surface area contributed by atoms with Crippen molar-refractivity contribution in [3.8, 4) is 0 Å². The number of carbonyl (C=O) groups excluding carboxylic acids is 5.